The molecule has 7 heteroatoms. The first-order valence-electron chi connectivity index (χ1n) is 11.6. The quantitative estimate of drug-likeness (QED) is 0.371. The van der Waals surface area contributed by atoms with Crippen molar-refractivity contribution in [3.05, 3.63) is 105 Å². The van der Waals surface area contributed by atoms with E-state index in [2.05, 4.69) is 22.4 Å². The maximum atomic E-state index is 12.9. The number of thiocarbonyl (C=S) groups is 1. The highest BCUT2D eigenvalue weighted by molar-refractivity contribution is 7.80. The van der Waals surface area contributed by atoms with Gasteiger partial charge < -0.3 is 24.7 Å². The molecular formula is C28H27N3O3S. The number of benzene rings is 3. The second kappa shape index (κ2) is 10.2. The van der Waals surface area contributed by atoms with Gasteiger partial charge in [-0.25, -0.2) is 0 Å². The molecule has 2 heterocycles. The molecule has 6 nitrogen and oxygen atoms in total. The molecule has 3 aromatic carbocycles. The number of nitrogens with one attached hydrogen (secondary N) is 2. The summed E-state index contributed by atoms with van der Waals surface area (Å²) in [4.78, 5) is 18.0. The van der Waals surface area contributed by atoms with Gasteiger partial charge in [-0.2, -0.15) is 0 Å². The van der Waals surface area contributed by atoms with E-state index >= 15 is 0 Å². The number of aryl methyl sites for hydroxylation is 1. The van der Waals surface area contributed by atoms with E-state index < -0.39 is 0 Å². The minimum absolute atomic E-state index is 0.106. The summed E-state index contributed by atoms with van der Waals surface area (Å²) in [5.41, 5.74) is 4.76. The first kappa shape index (κ1) is 22.9. The molecule has 0 unspecified atom stereocenters. The number of fused-ring (bicyclic) bond motifs is 2. The van der Waals surface area contributed by atoms with Crippen LogP contribution in [0.4, 0.5) is 0 Å². The highest BCUT2D eigenvalue weighted by atomic mass is 32.1. The lowest BCUT2D eigenvalue weighted by Crippen LogP contribution is -2.40. The summed E-state index contributed by atoms with van der Waals surface area (Å²) in [7, 11) is 0. The van der Waals surface area contributed by atoms with Crippen molar-refractivity contribution in [1.82, 2.24) is 15.2 Å². The number of H-pyrrole nitrogens is 1. The number of hydrogen-bond donors (Lipinski definition) is 2. The van der Waals surface area contributed by atoms with Crippen LogP contribution in [0.1, 0.15) is 22.3 Å². The molecule has 0 saturated heterocycles. The standard InChI is InChI=1S/C28H27N3O3S/c1-19-7-9-22-15-23(27(32)30-24(22)13-19)17-31(16-21-8-10-25-26(14-21)34-18-33-25)28(35)29-12-11-20-5-3-2-4-6-20/h2-10,13-15H,11-12,16-18H2,1H3,(H,29,35)(H,30,32). The summed E-state index contributed by atoms with van der Waals surface area (Å²) >= 11 is 5.79. The van der Waals surface area contributed by atoms with Crippen molar-refractivity contribution in [1.29, 1.82) is 0 Å². The Hall–Kier alpha value is -3.84. The van der Waals surface area contributed by atoms with Crippen molar-refractivity contribution < 1.29 is 9.47 Å². The Morgan fingerprint density at radius 1 is 0.971 bits per heavy atom. The van der Waals surface area contributed by atoms with E-state index in [1.165, 1.54) is 5.56 Å². The topological polar surface area (TPSA) is 66.6 Å². The van der Waals surface area contributed by atoms with Gasteiger partial charge in [-0.3, -0.25) is 4.79 Å². The highest BCUT2D eigenvalue weighted by Gasteiger charge is 2.17. The zero-order valence-corrected chi connectivity index (χ0v) is 20.4. The number of ether oxygens (including phenoxy) is 2. The Kier molecular flexibility index (Phi) is 6.68. The van der Waals surface area contributed by atoms with Crippen LogP contribution in [0.15, 0.2) is 77.6 Å². The summed E-state index contributed by atoms with van der Waals surface area (Å²) in [6.07, 6.45) is 0.856. The fourth-order valence-corrected chi connectivity index (χ4v) is 4.44. The molecule has 0 spiro atoms. The highest BCUT2D eigenvalue weighted by Crippen LogP contribution is 2.33. The van der Waals surface area contributed by atoms with Crippen LogP contribution in [0.25, 0.3) is 10.9 Å². The van der Waals surface area contributed by atoms with Crippen molar-refractivity contribution >= 4 is 28.2 Å². The Balaban J connectivity index is 1.37. The van der Waals surface area contributed by atoms with Crippen LogP contribution in [-0.4, -0.2) is 28.3 Å². The molecule has 4 aromatic rings. The summed E-state index contributed by atoms with van der Waals surface area (Å²) in [5, 5.41) is 4.97. The molecule has 0 fully saturated rings. The summed E-state index contributed by atoms with van der Waals surface area (Å²) in [6, 6.07) is 24.2. The number of aromatic nitrogens is 1. The van der Waals surface area contributed by atoms with Gasteiger partial charge in [0.25, 0.3) is 5.56 Å². The summed E-state index contributed by atoms with van der Waals surface area (Å²) in [5.74, 6) is 1.47. The smallest absolute Gasteiger partial charge is 0.253 e. The lowest BCUT2D eigenvalue weighted by Gasteiger charge is -2.26. The van der Waals surface area contributed by atoms with E-state index in [1.807, 2.05) is 72.5 Å². The zero-order chi connectivity index (χ0) is 24.2. The van der Waals surface area contributed by atoms with Gasteiger partial charge in [0.1, 0.15) is 0 Å². The van der Waals surface area contributed by atoms with Crippen LogP contribution in [0.2, 0.25) is 0 Å². The predicted molar refractivity (Wildman–Crippen MR) is 142 cm³/mol. The first-order chi connectivity index (χ1) is 17.0. The Morgan fingerprint density at radius 3 is 2.66 bits per heavy atom. The molecular weight excluding hydrogens is 458 g/mol. The zero-order valence-electron chi connectivity index (χ0n) is 19.5. The monoisotopic (exact) mass is 485 g/mol. The molecule has 2 N–H and O–H groups in total. The average Bonchev–Trinajstić information content (AvgIpc) is 3.33. The summed E-state index contributed by atoms with van der Waals surface area (Å²) < 4.78 is 11.0. The van der Waals surface area contributed by atoms with Crippen molar-refractivity contribution in [3.63, 3.8) is 0 Å². The summed E-state index contributed by atoms with van der Waals surface area (Å²) in [6.45, 7) is 3.85. The number of hydrogen-bond acceptors (Lipinski definition) is 4. The average molecular weight is 486 g/mol. The SMILES string of the molecule is Cc1ccc2cc(CN(Cc3ccc4c(c3)OCO4)C(=S)NCCc3ccccc3)c(=O)[nH]c2c1. The van der Waals surface area contributed by atoms with E-state index in [4.69, 9.17) is 21.7 Å². The normalized spacial score (nSPS) is 12.0. The van der Waals surface area contributed by atoms with Crippen LogP contribution in [0.3, 0.4) is 0 Å². The van der Waals surface area contributed by atoms with Gasteiger partial charge in [-0.1, -0.05) is 48.5 Å². The largest absolute Gasteiger partial charge is 0.454 e. The molecule has 1 aliphatic rings. The molecule has 1 aliphatic heterocycles. The van der Waals surface area contributed by atoms with Gasteiger partial charge in [0, 0.05) is 24.2 Å². The van der Waals surface area contributed by atoms with E-state index in [0.717, 1.165) is 39.9 Å². The molecule has 0 radical (unpaired) electrons. The van der Waals surface area contributed by atoms with Crippen molar-refractivity contribution in [2.75, 3.05) is 13.3 Å². The number of pyridine rings is 1. The number of aromatic amines is 1. The minimum Gasteiger partial charge on any atom is -0.454 e. The molecule has 0 saturated carbocycles. The van der Waals surface area contributed by atoms with Gasteiger partial charge in [-0.15, -0.1) is 0 Å². The first-order valence-corrected chi connectivity index (χ1v) is 12.0. The van der Waals surface area contributed by atoms with Gasteiger partial charge >= 0.3 is 0 Å². The van der Waals surface area contributed by atoms with Gasteiger partial charge in [-0.05, 0) is 71.9 Å². The molecule has 0 amide bonds. The fourth-order valence-electron chi connectivity index (χ4n) is 4.21. The van der Waals surface area contributed by atoms with Crippen molar-refractivity contribution in [2.24, 2.45) is 0 Å². The third-order valence-electron chi connectivity index (χ3n) is 6.07. The van der Waals surface area contributed by atoms with E-state index in [0.29, 0.717) is 30.3 Å². The molecule has 0 aliphatic carbocycles. The number of rotatable bonds is 7. The van der Waals surface area contributed by atoms with Gasteiger partial charge in [0.2, 0.25) is 6.79 Å². The molecule has 1 aromatic heterocycles. The van der Waals surface area contributed by atoms with Crippen LogP contribution < -0.4 is 20.3 Å². The predicted octanol–water partition coefficient (Wildman–Crippen LogP) is 4.68. The fraction of sp³-hybridized carbons (Fsp3) is 0.214. The molecule has 178 valence electrons. The van der Waals surface area contributed by atoms with Crippen LogP contribution in [0, 0.1) is 6.92 Å². The second-order valence-corrected chi connectivity index (χ2v) is 9.11. The Bertz CT molecular complexity index is 1420. The van der Waals surface area contributed by atoms with E-state index in [9.17, 15) is 4.79 Å². The second-order valence-electron chi connectivity index (χ2n) is 8.73. The lowest BCUT2D eigenvalue weighted by atomic mass is 10.1. The van der Waals surface area contributed by atoms with Crippen LogP contribution in [0.5, 0.6) is 11.5 Å². The molecule has 0 atom stereocenters. The number of nitrogens with zero attached hydrogens (tertiary/aromatic N) is 1. The van der Waals surface area contributed by atoms with Crippen molar-refractivity contribution in [3.8, 4) is 11.5 Å². The van der Waals surface area contributed by atoms with E-state index in [-0.39, 0.29) is 12.4 Å². The molecule has 0 bridgehead atoms. The Morgan fingerprint density at radius 2 is 1.80 bits per heavy atom. The Labute approximate surface area is 209 Å². The molecule has 5 rings (SSSR count). The third kappa shape index (κ3) is 5.46. The molecule has 35 heavy (non-hydrogen) atoms. The van der Waals surface area contributed by atoms with Crippen LogP contribution in [-0.2, 0) is 19.5 Å². The van der Waals surface area contributed by atoms with Gasteiger partial charge in [0.15, 0.2) is 16.6 Å². The van der Waals surface area contributed by atoms with E-state index in [1.54, 1.807) is 0 Å². The maximum Gasteiger partial charge on any atom is 0.253 e. The lowest BCUT2D eigenvalue weighted by molar-refractivity contribution is 0.174. The van der Waals surface area contributed by atoms with Crippen LogP contribution >= 0.6 is 12.2 Å². The minimum atomic E-state index is -0.106. The maximum absolute atomic E-state index is 12.9. The third-order valence-corrected chi connectivity index (χ3v) is 6.47. The van der Waals surface area contributed by atoms with Crippen molar-refractivity contribution in [2.45, 2.75) is 26.4 Å². The van der Waals surface area contributed by atoms with Gasteiger partial charge in [0.05, 0.1) is 6.54 Å².